The predicted octanol–water partition coefficient (Wildman–Crippen LogP) is 3.56. The van der Waals surface area contributed by atoms with E-state index in [9.17, 15) is 0 Å². The van der Waals surface area contributed by atoms with E-state index in [0.29, 0.717) is 0 Å². The molecule has 3 heteroatoms. The van der Waals surface area contributed by atoms with Gasteiger partial charge in [-0.15, -0.1) is 5.56 Å². The molecule has 0 aliphatic carbocycles. The zero-order valence-electron chi connectivity index (χ0n) is 9.95. The molecule has 0 aromatic heterocycles. The van der Waals surface area contributed by atoms with Crippen LogP contribution >= 0.6 is 13.6 Å². The number of likely N-dealkylation sites (tertiary alicyclic amines) is 1. The molecule has 1 heterocycles. The van der Waals surface area contributed by atoms with Gasteiger partial charge in [-0.05, 0) is 31.8 Å². The zero-order valence-corrected chi connectivity index (χ0v) is 14.5. The number of benzene rings is 1. The van der Waals surface area contributed by atoms with Gasteiger partial charge in [-0.3, -0.25) is 0 Å². The minimum atomic E-state index is 0.926. The molecule has 0 atom stereocenters. The molecule has 16 heavy (non-hydrogen) atoms. The van der Waals surface area contributed by atoms with Crippen LogP contribution in [0.1, 0.15) is 25.3 Å². The monoisotopic (exact) mass is 331 g/mol. The van der Waals surface area contributed by atoms with Gasteiger partial charge in [-0.2, -0.15) is 30.3 Å². The molecule has 0 spiro atoms. The third-order valence-electron chi connectivity index (χ3n) is 3.07. The van der Waals surface area contributed by atoms with Gasteiger partial charge in [-0.25, -0.2) is 0 Å². The van der Waals surface area contributed by atoms with E-state index in [1.807, 2.05) is 12.1 Å². The van der Waals surface area contributed by atoms with Crippen molar-refractivity contribution >= 4 is 13.6 Å². The quantitative estimate of drug-likeness (QED) is 0.591. The number of hydrogen-bond acceptors (Lipinski definition) is 1. The van der Waals surface area contributed by atoms with Crippen molar-refractivity contribution in [1.29, 1.82) is 0 Å². The van der Waals surface area contributed by atoms with Crippen molar-refractivity contribution < 1.29 is 16.3 Å². The Kier molecular flexibility index (Phi) is 7.52. The number of rotatable bonds is 2. The molecular weight excluding hydrogens is 315 g/mol. The van der Waals surface area contributed by atoms with Crippen LogP contribution in [0.25, 0.3) is 0 Å². The molecule has 1 aliphatic heterocycles. The summed E-state index contributed by atoms with van der Waals surface area (Å²) in [4.78, 5) is 2.55. The summed E-state index contributed by atoms with van der Waals surface area (Å²) in [7, 11) is 0. The number of nitrogens with zero attached hydrogens (tertiary/aromatic N) is 1. The van der Waals surface area contributed by atoms with Crippen LogP contribution in [0.5, 0.6) is 0 Å². The maximum absolute atomic E-state index is 3.06. The van der Waals surface area contributed by atoms with E-state index < -0.39 is 0 Å². The van der Waals surface area contributed by atoms with Gasteiger partial charge in [0.05, 0.1) is 0 Å². The molecule has 1 fully saturated rings. The molecule has 0 saturated carbocycles. The Balaban J connectivity index is 0.000000606. The zero-order chi connectivity index (χ0) is 11.8. The Labute approximate surface area is 116 Å². The van der Waals surface area contributed by atoms with Crippen LogP contribution in [0, 0.1) is 12.0 Å². The number of hydrogen-bond donors (Lipinski definition) is 0. The Hall–Kier alpha value is 0.283. The number of halogens is 1. The van der Waals surface area contributed by atoms with E-state index in [4.69, 9.17) is 0 Å². The van der Waals surface area contributed by atoms with Gasteiger partial charge in [0.2, 0.25) is 0 Å². The second-order valence-corrected chi connectivity index (χ2v) is 4.37. The Morgan fingerprint density at radius 1 is 1.31 bits per heavy atom. The van der Waals surface area contributed by atoms with E-state index >= 15 is 0 Å². The van der Waals surface area contributed by atoms with Crippen LogP contribution in [-0.4, -0.2) is 18.0 Å². The summed E-state index contributed by atoms with van der Waals surface area (Å²) >= 11 is 4.25. The molecule has 2 rings (SSSR count). The van der Waals surface area contributed by atoms with Gasteiger partial charge < -0.3 is 4.90 Å². The van der Waals surface area contributed by atoms with Crippen molar-refractivity contribution in [2.24, 2.45) is 5.92 Å². The normalized spacial score (nSPS) is 17.8. The molecule has 1 saturated heterocycles. The molecule has 1 aromatic rings. The third-order valence-corrected chi connectivity index (χ3v) is 3.07. The summed E-state index contributed by atoms with van der Waals surface area (Å²) in [6, 6.07) is 11.4. The summed E-state index contributed by atoms with van der Waals surface area (Å²) in [5.74, 6) is 0.926. The van der Waals surface area contributed by atoms with Gasteiger partial charge in [-0.1, -0.05) is 6.92 Å². The maximum atomic E-state index is 3.06. The molecule has 0 N–H and O–H groups in total. The summed E-state index contributed by atoms with van der Waals surface area (Å²) in [6.07, 6.45) is 2.72. The molecule has 0 unspecified atom stereocenters. The number of piperidine rings is 1. The van der Waals surface area contributed by atoms with Crippen LogP contribution in [0.3, 0.4) is 0 Å². The Morgan fingerprint density at radius 2 is 1.88 bits per heavy atom. The molecule has 84 valence electrons. The first kappa shape index (κ1) is 14.3. The third kappa shape index (κ3) is 5.08. The Morgan fingerprint density at radius 3 is 2.44 bits per heavy atom. The summed E-state index contributed by atoms with van der Waals surface area (Å²) < 4.78 is 0. The second kappa shape index (κ2) is 8.39. The topological polar surface area (TPSA) is 3.24 Å². The van der Waals surface area contributed by atoms with E-state index in [2.05, 4.69) is 43.6 Å². The molecule has 1 aromatic carbocycles. The van der Waals surface area contributed by atoms with E-state index in [1.54, 1.807) is 0 Å². The van der Waals surface area contributed by atoms with Crippen molar-refractivity contribution in [2.45, 2.75) is 26.3 Å². The fourth-order valence-electron chi connectivity index (χ4n) is 2.01. The van der Waals surface area contributed by atoms with Crippen molar-refractivity contribution in [1.82, 2.24) is 4.90 Å². The van der Waals surface area contributed by atoms with E-state index in [1.165, 1.54) is 47.8 Å². The average molecular weight is 334 g/mol. The van der Waals surface area contributed by atoms with Gasteiger partial charge in [0.15, 0.2) is 0 Å². The molecular formula is C13H18BrNZn. The van der Waals surface area contributed by atoms with Crippen molar-refractivity contribution in [3.05, 3.63) is 35.9 Å². The van der Waals surface area contributed by atoms with E-state index in [0.717, 1.165) is 12.5 Å². The molecule has 1 nitrogen and oxygen atoms in total. The fraction of sp³-hybridized carbons (Fsp3) is 0.538. The predicted molar refractivity (Wildman–Crippen MR) is 67.9 cm³/mol. The van der Waals surface area contributed by atoms with Gasteiger partial charge in [0.25, 0.3) is 0 Å². The summed E-state index contributed by atoms with van der Waals surface area (Å²) in [5, 5.41) is 0. The van der Waals surface area contributed by atoms with Gasteiger partial charge in [0.1, 0.15) is 0 Å². The van der Waals surface area contributed by atoms with Crippen LogP contribution in [0.4, 0.5) is 0 Å². The minimum absolute atomic E-state index is 0.926. The first-order valence-electron chi connectivity index (χ1n) is 5.78. The molecule has 0 amide bonds. The van der Waals surface area contributed by atoms with Crippen LogP contribution in [0.2, 0.25) is 0 Å². The standard InChI is InChI=1S/C13H18N.BrH.Zn/c1-12-7-9-14(10-8-12)11-13-5-3-2-4-6-13;;/h3-6,12H,7-11H2,1H3;1H;/q-1;;+2/p-1. The van der Waals surface area contributed by atoms with Crippen LogP contribution < -0.4 is 0 Å². The molecule has 1 aliphatic rings. The first-order valence-corrected chi connectivity index (χ1v) is 12.7. The van der Waals surface area contributed by atoms with Gasteiger partial charge >= 0.3 is 30.0 Å². The van der Waals surface area contributed by atoms with Crippen LogP contribution in [0.15, 0.2) is 24.3 Å². The van der Waals surface area contributed by atoms with Crippen LogP contribution in [-0.2, 0) is 22.9 Å². The van der Waals surface area contributed by atoms with Crippen molar-refractivity contribution in [3.8, 4) is 0 Å². The molecule has 0 radical (unpaired) electrons. The second-order valence-electron chi connectivity index (χ2n) is 4.37. The van der Waals surface area contributed by atoms with Crippen molar-refractivity contribution in [3.63, 3.8) is 0 Å². The SMILES string of the molecule is CC1CCN(Cc2cc[c-]cc2)CC1.[Zn+][Br]. The summed E-state index contributed by atoms with van der Waals surface area (Å²) in [6.45, 7) is 6.00. The molecule has 0 bridgehead atoms. The van der Waals surface area contributed by atoms with E-state index in [-0.39, 0.29) is 0 Å². The Bertz CT molecular complexity index is 271. The van der Waals surface area contributed by atoms with Gasteiger partial charge in [0, 0.05) is 6.54 Å². The average Bonchev–Trinajstić information content (AvgIpc) is 2.36. The van der Waals surface area contributed by atoms with Crippen molar-refractivity contribution in [2.75, 3.05) is 13.1 Å². The fourth-order valence-corrected chi connectivity index (χ4v) is 2.01. The summed E-state index contributed by atoms with van der Waals surface area (Å²) in [5.41, 5.74) is 1.42. The first-order chi connectivity index (χ1) is 7.84.